The van der Waals surface area contributed by atoms with Gasteiger partial charge in [0.05, 0.1) is 5.56 Å². The fourth-order valence-corrected chi connectivity index (χ4v) is 2.42. The second-order valence-corrected chi connectivity index (χ2v) is 5.45. The molecule has 5 heteroatoms. The Bertz CT molecular complexity index is 542. The van der Waals surface area contributed by atoms with Gasteiger partial charge in [-0.1, -0.05) is 0 Å². The Labute approximate surface area is 112 Å². The number of hydrogen-bond donors (Lipinski definition) is 2. The average Bonchev–Trinajstić information content (AvgIpc) is 3.08. The molecule has 1 aliphatic rings. The first-order valence-electron chi connectivity index (χ1n) is 6.40. The van der Waals surface area contributed by atoms with E-state index in [9.17, 15) is 14.7 Å². The van der Waals surface area contributed by atoms with Gasteiger partial charge in [-0.05, 0) is 46.5 Å². The Morgan fingerprint density at radius 2 is 1.84 bits per heavy atom. The van der Waals surface area contributed by atoms with E-state index in [1.807, 2.05) is 0 Å². The van der Waals surface area contributed by atoms with Crippen LogP contribution in [-0.4, -0.2) is 22.5 Å². The van der Waals surface area contributed by atoms with Gasteiger partial charge in [0.15, 0.2) is 0 Å². The first-order chi connectivity index (χ1) is 8.77. The molecular weight excluding hydrogens is 246 g/mol. The quantitative estimate of drug-likeness (QED) is 0.874. The number of carbonyl (C=O) groups excluding carboxylic acids is 1. The maximum Gasteiger partial charge on any atom is 0.329 e. The first-order valence-corrected chi connectivity index (χ1v) is 6.40. The summed E-state index contributed by atoms with van der Waals surface area (Å²) in [6, 6.07) is 0. The molecule has 2 N–H and O–H groups in total. The molecule has 1 unspecified atom stereocenters. The zero-order valence-electron chi connectivity index (χ0n) is 11.7. The third kappa shape index (κ3) is 2.25. The van der Waals surface area contributed by atoms with Gasteiger partial charge < -0.3 is 14.8 Å². The molecule has 0 spiro atoms. The third-order valence-corrected chi connectivity index (χ3v) is 4.00. The molecular formula is C14H19NO4. The summed E-state index contributed by atoms with van der Waals surface area (Å²) in [5.41, 5.74) is 0.0189. The number of rotatable bonds is 4. The lowest BCUT2D eigenvalue weighted by atomic mass is 9.95. The van der Waals surface area contributed by atoms with Crippen molar-refractivity contribution in [2.45, 2.75) is 46.1 Å². The van der Waals surface area contributed by atoms with Gasteiger partial charge >= 0.3 is 5.97 Å². The number of nitrogens with one attached hydrogen (secondary N) is 1. The van der Waals surface area contributed by atoms with Crippen LogP contribution in [0.4, 0.5) is 0 Å². The van der Waals surface area contributed by atoms with Crippen molar-refractivity contribution in [3.05, 3.63) is 22.6 Å². The minimum atomic E-state index is -1.19. The van der Waals surface area contributed by atoms with Crippen LogP contribution in [0.25, 0.3) is 0 Å². The molecule has 104 valence electrons. The van der Waals surface area contributed by atoms with Crippen molar-refractivity contribution in [2.75, 3.05) is 0 Å². The molecule has 0 aromatic carbocycles. The highest BCUT2D eigenvalue weighted by Gasteiger charge is 2.49. The summed E-state index contributed by atoms with van der Waals surface area (Å²) in [5.74, 6) is -0.132. The smallest absolute Gasteiger partial charge is 0.329 e. The van der Waals surface area contributed by atoms with E-state index in [1.165, 1.54) is 0 Å². The van der Waals surface area contributed by atoms with E-state index in [2.05, 4.69) is 5.32 Å². The van der Waals surface area contributed by atoms with Gasteiger partial charge in [-0.2, -0.15) is 0 Å². The highest BCUT2D eigenvalue weighted by atomic mass is 16.4. The van der Waals surface area contributed by atoms with Gasteiger partial charge in [-0.25, -0.2) is 4.79 Å². The van der Waals surface area contributed by atoms with E-state index >= 15 is 0 Å². The van der Waals surface area contributed by atoms with Gasteiger partial charge in [0.1, 0.15) is 17.1 Å². The fourth-order valence-electron chi connectivity index (χ4n) is 2.42. The molecule has 1 aromatic heterocycles. The summed E-state index contributed by atoms with van der Waals surface area (Å²) < 4.78 is 5.41. The predicted molar refractivity (Wildman–Crippen MR) is 69.2 cm³/mol. The van der Waals surface area contributed by atoms with E-state index in [-0.39, 0.29) is 11.8 Å². The molecule has 1 aliphatic carbocycles. The lowest BCUT2D eigenvalue weighted by molar-refractivity contribution is -0.144. The molecule has 1 amide bonds. The second-order valence-electron chi connectivity index (χ2n) is 5.45. The fraction of sp³-hybridized carbons (Fsp3) is 0.571. The van der Waals surface area contributed by atoms with Crippen LogP contribution >= 0.6 is 0 Å². The van der Waals surface area contributed by atoms with E-state index < -0.39 is 11.5 Å². The lowest BCUT2D eigenvalue weighted by Gasteiger charge is -2.26. The summed E-state index contributed by atoms with van der Waals surface area (Å²) in [7, 11) is 0. The Balaban J connectivity index is 2.27. The Hall–Kier alpha value is -1.78. The van der Waals surface area contributed by atoms with Crippen molar-refractivity contribution in [2.24, 2.45) is 5.92 Å². The minimum Gasteiger partial charge on any atom is -0.480 e. The van der Waals surface area contributed by atoms with E-state index in [0.717, 1.165) is 18.4 Å². The normalized spacial score (nSPS) is 17.9. The number of carboxylic acid groups (broad SMARTS) is 1. The molecule has 1 atom stereocenters. The Morgan fingerprint density at radius 3 is 2.21 bits per heavy atom. The van der Waals surface area contributed by atoms with Crippen LogP contribution < -0.4 is 5.32 Å². The number of amides is 1. The number of carbonyl (C=O) groups is 2. The van der Waals surface area contributed by atoms with Crippen LogP contribution in [0.1, 0.15) is 47.2 Å². The summed E-state index contributed by atoms with van der Waals surface area (Å²) >= 11 is 0. The zero-order chi connectivity index (χ0) is 14.4. The van der Waals surface area contributed by atoms with E-state index in [1.54, 1.807) is 27.7 Å². The van der Waals surface area contributed by atoms with Gasteiger partial charge in [0.2, 0.25) is 0 Å². The summed E-state index contributed by atoms with van der Waals surface area (Å²) in [6.07, 6.45) is 1.68. The third-order valence-electron chi connectivity index (χ3n) is 4.00. The van der Waals surface area contributed by atoms with E-state index in [0.29, 0.717) is 17.1 Å². The SMILES string of the molecule is Cc1oc(C)c(C(=O)NC(C)(C(=O)O)C2CC2)c1C. The average molecular weight is 265 g/mol. The van der Waals surface area contributed by atoms with Crippen molar-refractivity contribution >= 4 is 11.9 Å². The Kier molecular flexibility index (Phi) is 3.16. The first kappa shape index (κ1) is 13.6. The van der Waals surface area contributed by atoms with E-state index in [4.69, 9.17) is 4.42 Å². The zero-order valence-corrected chi connectivity index (χ0v) is 11.7. The largest absolute Gasteiger partial charge is 0.480 e. The number of furan rings is 1. The van der Waals surface area contributed by atoms with Crippen LogP contribution in [0.3, 0.4) is 0 Å². The van der Waals surface area contributed by atoms with Crippen molar-refractivity contribution in [3.63, 3.8) is 0 Å². The molecule has 1 saturated carbocycles. The van der Waals surface area contributed by atoms with Gasteiger partial charge in [-0.15, -0.1) is 0 Å². The number of aryl methyl sites for hydroxylation is 2. The van der Waals surface area contributed by atoms with Crippen molar-refractivity contribution in [3.8, 4) is 0 Å². The van der Waals surface area contributed by atoms with Crippen molar-refractivity contribution in [1.29, 1.82) is 0 Å². The standard InChI is InChI=1S/C14H19NO4/c1-7-8(2)19-9(3)11(7)12(16)15-14(4,13(17)18)10-5-6-10/h10H,5-6H2,1-4H3,(H,15,16)(H,17,18). The van der Waals surface area contributed by atoms with Crippen molar-refractivity contribution in [1.82, 2.24) is 5.32 Å². The number of aliphatic carboxylic acids is 1. The molecule has 0 radical (unpaired) electrons. The van der Waals surface area contributed by atoms with Gasteiger partial charge in [0.25, 0.3) is 5.91 Å². The van der Waals surface area contributed by atoms with Crippen LogP contribution in [0.15, 0.2) is 4.42 Å². The molecule has 1 fully saturated rings. The summed E-state index contributed by atoms with van der Waals surface area (Å²) in [5, 5.41) is 12.0. The van der Waals surface area contributed by atoms with Gasteiger partial charge in [0, 0.05) is 5.56 Å². The lowest BCUT2D eigenvalue weighted by Crippen LogP contribution is -2.54. The molecule has 19 heavy (non-hydrogen) atoms. The molecule has 1 aromatic rings. The molecule has 0 aliphatic heterocycles. The number of carboxylic acids is 1. The predicted octanol–water partition coefficient (Wildman–Crippen LogP) is 2.19. The van der Waals surface area contributed by atoms with Crippen molar-refractivity contribution < 1.29 is 19.1 Å². The maximum absolute atomic E-state index is 12.3. The van der Waals surface area contributed by atoms with Crippen LogP contribution in [-0.2, 0) is 4.79 Å². The highest BCUT2D eigenvalue weighted by Crippen LogP contribution is 2.40. The molecule has 0 saturated heterocycles. The van der Waals surface area contributed by atoms with Gasteiger partial charge in [-0.3, -0.25) is 4.79 Å². The molecule has 2 rings (SSSR count). The molecule has 1 heterocycles. The molecule has 0 bridgehead atoms. The van der Waals surface area contributed by atoms with Crippen LogP contribution in [0, 0.1) is 26.7 Å². The monoisotopic (exact) mass is 265 g/mol. The highest BCUT2D eigenvalue weighted by molar-refractivity contribution is 6.00. The van der Waals surface area contributed by atoms with Crippen LogP contribution in [0.2, 0.25) is 0 Å². The molecule has 5 nitrogen and oxygen atoms in total. The maximum atomic E-state index is 12.3. The minimum absolute atomic E-state index is 0.0163. The van der Waals surface area contributed by atoms with Crippen LogP contribution in [0.5, 0.6) is 0 Å². The Morgan fingerprint density at radius 1 is 1.26 bits per heavy atom. The summed E-state index contributed by atoms with van der Waals surface area (Å²) in [6.45, 7) is 6.87. The topological polar surface area (TPSA) is 79.5 Å². The second kappa shape index (κ2) is 4.40. The number of hydrogen-bond acceptors (Lipinski definition) is 3. The summed E-state index contributed by atoms with van der Waals surface area (Å²) in [4.78, 5) is 23.7.